The average molecular weight is 347 g/mol. The summed E-state index contributed by atoms with van der Waals surface area (Å²) in [6.45, 7) is 1.48. The van der Waals surface area contributed by atoms with Gasteiger partial charge < -0.3 is 9.73 Å². The van der Waals surface area contributed by atoms with Crippen molar-refractivity contribution < 1.29 is 14.0 Å². The van der Waals surface area contributed by atoms with E-state index in [2.05, 4.69) is 15.5 Å². The molecule has 24 heavy (non-hydrogen) atoms. The smallest absolute Gasteiger partial charge is 0.324 e. The van der Waals surface area contributed by atoms with Gasteiger partial charge in [-0.25, -0.2) is 4.79 Å². The Balaban J connectivity index is 1.48. The molecule has 3 amide bonds. The van der Waals surface area contributed by atoms with Crippen LogP contribution in [-0.2, 0) is 11.3 Å². The number of furan rings is 1. The molecule has 3 heterocycles. The first-order valence-electron chi connectivity index (χ1n) is 7.89. The van der Waals surface area contributed by atoms with E-state index in [0.29, 0.717) is 30.7 Å². The van der Waals surface area contributed by atoms with Crippen LogP contribution >= 0.6 is 11.8 Å². The molecule has 0 atom stereocenters. The molecule has 8 nitrogen and oxygen atoms in total. The Morgan fingerprint density at radius 2 is 2.29 bits per heavy atom. The van der Waals surface area contributed by atoms with Gasteiger partial charge in [0, 0.05) is 19.0 Å². The van der Waals surface area contributed by atoms with Crippen molar-refractivity contribution >= 4 is 23.7 Å². The highest BCUT2D eigenvalue weighted by Crippen LogP contribution is 2.40. The van der Waals surface area contributed by atoms with E-state index in [4.69, 9.17) is 4.42 Å². The Morgan fingerprint density at radius 3 is 2.96 bits per heavy atom. The van der Waals surface area contributed by atoms with E-state index in [1.54, 1.807) is 6.26 Å². The number of amides is 3. The van der Waals surface area contributed by atoms with Gasteiger partial charge in [-0.05, 0) is 25.0 Å². The summed E-state index contributed by atoms with van der Waals surface area (Å²) in [5.41, 5.74) is 0. The Morgan fingerprint density at radius 1 is 1.42 bits per heavy atom. The molecule has 126 valence electrons. The molecule has 9 heteroatoms. The molecule has 1 aliphatic carbocycles. The normalized spacial score (nSPS) is 17.3. The molecule has 2 aliphatic rings. The highest BCUT2D eigenvalue weighted by molar-refractivity contribution is 7.99. The minimum atomic E-state index is -0.323. The molecule has 0 radical (unpaired) electrons. The van der Waals surface area contributed by atoms with Crippen LogP contribution in [-0.4, -0.2) is 50.4 Å². The number of carbonyl (C=O) groups is 2. The highest BCUT2D eigenvalue weighted by atomic mass is 32.2. The summed E-state index contributed by atoms with van der Waals surface area (Å²) in [6, 6.07) is 3.43. The van der Waals surface area contributed by atoms with Crippen molar-refractivity contribution in [3.8, 4) is 0 Å². The summed E-state index contributed by atoms with van der Waals surface area (Å²) in [4.78, 5) is 25.0. The second-order valence-corrected chi connectivity index (χ2v) is 6.79. The molecule has 0 spiro atoms. The maximum Gasteiger partial charge on any atom is 0.324 e. The molecule has 2 aromatic rings. The molecule has 0 bridgehead atoms. The van der Waals surface area contributed by atoms with Crippen LogP contribution in [0.4, 0.5) is 4.79 Å². The number of nitrogens with zero attached hydrogens (tertiary/aromatic N) is 4. The first kappa shape index (κ1) is 15.3. The van der Waals surface area contributed by atoms with Crippen molar-refractivity contribution in [3.05, 3.63) is 30.0 Å². The molecule has 2 aromatic heterocycles. The van der Waals surface area contributed by atoms with Crippen LogP contribution in [0.1, 0.15) is 30.3 Å². The molecular formula is C15H17N5O3S. The highest BCUT2D eigenvalue weighted by Gasteiger charge is 2.31. The Bertz CT molecular complexity index is 753. The van der Waals surface area contributed by atoms with Gasteiger partial charge in [0.1, 0.15) is 11.6 Å². The van der Waals surface area contributed by atoms with E-state index in [0.717, 1.165) is 24.4 Å². The molecule has 0 aromatic carbocycles. The number of urea groups is 1. The third kappa shape index (κ3) is 3.03. The minimum absolute atomic E-state index is 0.161. The van der Waals surface area contributed by atoms with Gasteiger partial charge in [0.2, 0.25) is 5.91 Å². The number of rotatable bonds is 6. The first-order chi connectivity index (χ1) is 11.7. The van der Waals surface area contributed by atoms with Crippen molar-refractivity contribution in [2.45, 2.75) is 30.5 Å². The zero-order valence-corrected chi connectivity index (χ0v) is 13.8. The van der Waals surface area contributed by atoms with E-state index < -0.39 is 0 Å². The lowest BCUT2D eigenvalue weighted by molar-refractivity contribution is -0.124. The molecule has 2 fully saturated rings. The van der Waals surface area contributed by atoms with Gasteiger partial charge in [0.05, 0.1) is 18.6 Å². The Hall–Kier alpha value is -2.29. The number of hydrogen-bond donors (Lipinski definition) is 1. The second-order valence-electron chi connectivity index (χ2n) is 5.85. The van der Waals surface area contributed by atoms with Crippen LogP contribution in [0, 0.1) is 0 Å². The van der Waals surface area contributed by atoms with Crippen LogP contribution < -0.4 is 5.32 Å². The number of hydrogen-bond acceptors (Lipinski definition) is 6. The number of aromatic nitrogens is 3. The third-order valence-electron chi connectivity index (χ3n) is 4.06. The predicted molar refractivity (Wildman–Crippen MR) is 85.6 cm³/mol. The maximum atomic E-state index is 12.2. The number of thioether (sulfide) groups is 1. The van der Waals surface area contributed by atoms with E-state index in [1.165, 1.54) is 16.7 Å². The van der Waals surface area contributed by atoms with E-state index >= 15 is 0 Å². The van der Waals surface area contributed by atoms with E-state index in [1.807, 2.05) is 16.7 Å². The van der Waals surface area contributed by atoms with Gasteiger partial charge in [-0.15, -0.1) is 10.2 Å². The van der Waals surface area contributed by atoms with E-state index in [9.17, 15) is 9.59 Å². The summed E-state index contributed by atoms with van der Waals surface area (Å²) in [7, 11) is 0. The molecule has 4 rings (SSSR count). The molecule has 1 aliphatic heterocycles. The maximum absolute atomic E-state index is 12.2. The summed E-state index contributed by atoms with van der Waals surface area (Å²) >= 11 is 1.31. The molecule has 1 N–H and O–H groups in total. The van der Waals surface area contributed by atoms with Gasteiger partial charge in [0.15, 0.2) is 5.16 Å². The standard InChI is InChI=1S/C15H17N5O3S/c21-12(19-6-5-16-14(19)22)9-24-15-18-17-13(10-3-4-10)20(15)8-11-2-1-7-23-11/h1-2,7,10H,3-6,8-9H2,(H,16,22). The van der Waals surface area contributed by atoms with Crippen molar-refractivity contribution in [2.75, 3.05) is 18.8 Å². The SMILES string of the molecule is O=C(CSc1nnc(C2CC2)n1Cc1ccco1)N1CCNC1=O. The molecule has 0 unspecified atom stereocenters. The van der Waals surface area contributed by atoms with Gasteiger partial charge >= 0.3 is 6.03 Å². The predicted octanol–water partition coefficient (Wildman–Crippen LogP) is 1.44. The first-order valence-corrected chi connectivity index (χ1v) is 8.87. The third-order valence-corrected chi connectivity index (χ3v) is 5.02. The average Bonchev–Trinajstić information content (AvgIpc) is 2.98. The fraction of sp³-hybridized carbons (Fsp3) is 0.467. The lowest BCUT2D eigenvalue weighted by Gasteiger charge is -2.12. The van der Waals surface area contributed by atoms with Crippen LogP contribution in [0.2, 0.25) is 0 Å². The van der Waals surface area contributed by atoms with Gasteiger partial charge in [-0.3, -0.25) is 14.3 Å². The van der Waals surface area contributed by atoms with Crippen molar-refractivity contribution in [3.63, 3.8) is 0 Å². The topological polar surface area (TPSA) is 93.3 Å². The fourth-order valence-corrected chi connectivity index (χ4v) is 3.49. The summed E-state index contributed by atoms with van der Waals surface area (Å²) in [6.07, 6.45) is 3.88. The van der Waals surface area contributed by atoms with Crippen LogP contribution in [0.3, 0.4) is 0 Å². The monoisotopic (exact) mass is 347 g/mol. The second kappa shape index (κ2) is 6.31. The zero-order chi connectivity index (χ0) is 16.5. The summed E-state index contributed by atoms with van der Waals surface area (Å²) < 4.78 is 7.44. The Labute approximate surface area is 142 Å². The lowest BCUT2D eigenvalue weighted by Crippen LogP contribution is -2.35. The molecule has 1 saturated carbocycles. The van der Waals surface area contributed by atoms with Crippen molar-refractivity contribution in [2.24, 2.45) is 0 Å². The van der Waals surface area contributed by atoms with Gasteiger partial charge in [0.25, 0.3) is 0 Å². The fourth-order valence-electron chi connectivity index (χ4n) is 2.67. The van der Waals surface area contributed by atoms with Crippen molar-refractivity contribution in [1.82, 2.24) is 25.0 Å². The molecular weight excluding hydrogens is 330 g/mol. The number of imide groups is 1. The van der Waals surface area contributed by atoms with Crippen LogP contribution in [0.5, 0.6) is 0 Å². The molecule has 1 saturated heterocycles. The largest absolute Gasteiger partial charge is 0.467 e. The van der Waals surface area contributed by atoms with Crippen LogP contribution in [0.25, 0.3) is 0 Å². The Kier molecular flexibility index (Phi) is 4.01. The van der Waals surface area contributed by atoms with Gasteiger partial charge in [-0.1, -0.05) is 11.8 Å². The number of nitrogens with one attached hydrogen (secondary N) is 1. The van der Waals surface area contributed by atoms with Gasteiger partial charge in [-0.2, -0.15) is 0 Å². The number of carbonyl (C=O) groups excluding carboxylic acids is 2. The van der Waals surface area contributed by atoms with E-state index in [-0.39, 0.29) is 17.7 Å². The minimum Gasteiger partial charge on any atom is -0.467 e. The van der Waals surface area contributed by atoms with Crippen molar-refractivity contribution in [1.29, 1.82) is 0 Å². The van der Waals surface area contributed by atoms with Crippen LogP contribution in [0.15, 0.2) is 28.0 Å². The zero-order valence-electron chi connectivity index (χ0n) is 13.0. The summed E-state index contributed by atoms with van der Waals surface area (Å²) in [5, 5.41) is 11.8. The summed E-state index contributed by atoms with van der Waals surface area (Å²) in [5.74, 6) is 2.16. The quantitative estimate of drug-likeness (QED) is 0.795. The lowest BCUT2D eigenvalue weighted by atomic mass is 10.3.